The fraction of sp³-hybridized carbons (Fsp3) is 0.455. The summed E-state index contributed by atoms with van der Waals surface area (Å²) >= 11 is 5.89. The van der Waals surface area contributed by atoms with E-state index in [0.29, 0.717) is 0 Å². The van der Waals surface area contributed by atoms with Gasteiger partial charge in [-0.2, -0.15) is 4.31 Å². The van der Waals surface area contributed by atoms with E-state index in [9.17, 15) is 18.5 Å². The number of nitro groups is 1. The molecule has 0 aliphatic carbocycles. The maximum Gasteiger partial charge on any atom is 0.270 e. The van der Waals surface area contributed by atoms with Gasteiger partial charge in [-0.1, -0.05) is 11.6 Å². The van der Waals surface area contributed by atoms with Crippen LogP contribution in [0.3, 0.4) is 0 Å². The Morgan fingerprint density at radius 3 is 2.86 bits per heavy atom. The molecule has 1 aromatic carbocycles. The number of ether oxygens (including phenoxy) is 1. The summed E-state index contributed by atoms with van der Waals surface area (Å²) in [5, 5.41) is 10.7. The molecule has 1 atom stereocenters. The normalized spacial score (nSPS) is 20.4. The average molecular weight is 336 g/mol. The molecule has 116 valence electrons. The van der Waals surface area contributed by atoms with Crippen LogP contribution in [0.1, 0.15) is 0 Å². The Morgan fingerprint density at radius 2 is 2.24 bits per heavy atom. The van der Waals surface area contributed by atoms with Gasteiger partial charge in [0.25, 0.3) is 5.69 Å². The van der Waals surface area contributed by atoms with Gasteiger partial charge in [0.1, 0.15) is 4.90 Å². The lowest BCUT2D eigenvalue weighted by atomic mass is 10.3. The number of nitrogens with two attached hydrogens (primary N) is 1. The Balaban J connectivity index is 2.39. The summed E-state index contributed by atoms with van der Waals surface area (Å²) in [6, 6.07) is 3.32. The number of sulfonamides is 1. The smallest absolute Gasteiger partial charge is 0.270 e. The summed E-state index contributed by atoms with van der Waals surface area (Å²) in [5.41, 5.74) is 5.15. The molecule has 2 rings (SSSR count). The standard InChI is InChI=1S/C11H14ClN3O5S/c12-10-2-1-8(15(16)17)5-11(10)21(18,19)14-3-4-20-9(6-13)7-14/h1-2,5,9H,3-4,6-7,13H2. The van der Waals surface area contributed by atoms with E-state index in [0.717, 1.165) is 12.1 Å². The first-order chi connectivity index (χ1) is 9.86. The lowest BCUT2D eigenvalue weighted by Gasteiger charge is -2.31. The lowest BCUT2D eigenvalue weighted by molar-refractivity contribution is -0.385. The van der Waals surface area contributed by atoms with Gasteiger partial charge in [0.2, 0.25) is 10.0 Å². The van der Waals surface area contributed by atoms with E-state index in [1.807, 2.05) is 0 Å². The van der Waals surface area contributed by atoms with E-state index in [2.05, 4.69) is 0 Å². The van der Waals surface area contributed by atoms with Crippen molar-refractivity contribution in [2.24, 2.45) is 5.73 Å². The van der Waals surface area contributed by atoms with Crippen molar-refractivity contribution in [3.05, 3.63) is 33.3 Å². The first kappa shape index (κ1) is 16.1. The SMILES string of the molecule is NCC1CN(S(=O)(=O)c2cc([N+](=O)[O-])ccc2Cl)CCO1. The van der Waals surface area contributed by atoms with Crippen molar-refractivity contribution in [2.45, 2.75) is 11.0 Å². The Morgan fingerprint density at radius 1 is 1.52 bits per heavy atom. The molecule has 0 radical (unpaired) electrons. The number of hydrogen-bond acceptors (Lipinski definition) is 6. The highest BCUT2D eigenvalue weighted by molar-refractivity contribution is 7.89. The molecule has 2 N–H and O–H groups in total. The van der Waals surface area contributed by atoms with E-state index >= 15 is 0 Å². The van der Waals surface area contributed by atoms with E-state index < -0.39 is 21.1 Å². The number of nitro benzene ring substituents is 1. The van der Waals surface area contributed by atoms with E-state index in [-0.39, 0.29) is 41.8 Å². The first-order valence-corrected chi connectivity index (χ1v) is 7.94. The minimum Gasteiger partial charge on any atom is -0.374 e. The molecule has 1 unspecified atom stereocenters. The Kier molecular flexibility index (Phi) is 4.79. The van der Waals surface area contributed by atoms with Crippen LogP contribution in [0.15, 0.2) is 23.1 Å². The number of benzene rings is 1. The second kappa shape index (κ2) is 6.24. The Hall–Kier alpha value is -1.26. The third kappa shape index (κ3) is 3.33. The van der Waals surface area contributed by atoms with E-state index in [1.54, 1.807) is 0 Å². The largest absolute Gasteiger partial charge is 0.374 e. The van der Waals surface area contributed by atoms with Crippen molar-refractivity contribution < 1.29 is 18.1 Å². The summed E-state index contributed by atoms with van der Waals surface area (Å²) in [7, 11) is -3.93. The van der Waals surface area contributed by atoms with Crippen LogP contribution < -0.4 is 5.73 Å². The second-order valence-corrected chi connectivity index (χ2v) is 6.78. The number of rotatable bonds is 4. The van der Waals surface area contributed by atoms with Gasteiger partial charge < -0.3 is 10.5 Å². The van der Waals surface area contributed by atoms with Gasteiger partial charge in [-0.05, 0) is 6.07 Å². The predicted octanol–water partition coefficient (Wildman–Crippen LogP) is 0.596. The van der Waals surface area contributed by atoms with Crippen molar-refractivity contribution in [3.8, 4) is 0 Å². The van der Waals surface area contributed by atoms with Gasteiger partial charge in [-0.15, -0.1) is 0 Å². The fourth-order valence-corrected chi connectivity index (χ4v) is 3.95. The van der Waals surface area contributed by atoms with Crippen molar-refractivity contribution in [1.82, 2.24) is 4.31 Å². The molecule has 0 spiro atoms. The molecule has 0 amide bonds. The molecule has 10 heteroatoms. The molecular weight excluding hydrogens is 322 g/mol. The molecule has 1 fully saturated rings. The van der Waals surface area contributed by atoms with Crippen LogP contribution in [0, 0.1) is 10.1 Å². The molecule has 1 aromatic rings. The van der Waals surface area contributed by atoms with Crippen molar-refractivity contribution >= 4 is 27.3 Å². The molecule has 1 aliphatic heterocycles. The predicted molar refractivity (Wildman–Crippen MR) is 75.7 cm³/mol. The summed E-state index contributed by atoms with van der Waals surface area (Å²) in [6.07, 6.45) is -0.397. The van der Waals surface area contributed by atoms with Crippen LogP contribution in [0.4, 0.5) is 5.69 Å². The topological polar surface area (TPSA) is 116 Å². The number of non-ortho nitro benzene ring substituents is 1. The summed E-state index contributed by atoms with van der Waals surface area (Å²) in [6.45, 7) is 0.651. The zero-order valence-corrected chi connectivity index (χ0v) is 12.5. The van der Waals surface area contributed by atoms with Gasteiger partial charge in [-0.3, -0.25) is 10.1 Å². The van der Waals surface area contributed by atoms with Gasteiger partial charge >= 0.3 is 0 Å². The average Bonchev–Trinajstić information content (AvgIpc) is 2.47. The fourth-order valence-electron chi connectivity index (χ4n) is 2.00. The van der Waals surface area contributed by atoms with Crippen LogP contribution in [-0.2, 0) is 14.8 Å². The summed E-state index contributed by atoms with van der Waals surface area (Å²) < 4.78 is 31.6. The van der Waals surface area contributed by atoms with Crippen LogP contribution in [0.25, 0.3) is 0 Å². The first-order valence-electron chi connectivity index (χ1n) is 6.12. The number of nitrogens with zero attached hydrogens (tertiary/aromatic N) is 2. The van der Waals surface area contributed by atoms with Gasteiger partial charge in [0.15, 0.2) is 0 Å². The van der Waals surface area contributed by atoms with Gasteiger partial charge in [0, 0.05) is 31.8 Å². The highest BCUT2D eigenvalue weighted by Crippen LogP contribution is 2.29. The maximum absolute atomic E-state index is 12.6. The Labute approximate surface area is 126 Å². The Bertz CT molecular complexity index is 651. The third-order valence-electron chi connectivity index (χ3n) is 3.11. The second-order valence-electron chi connectivity index (χ2n) is 4.46. The van der Waals surface area contributed by atoms with Crippen LogP contribution in [-0.4, -0.2) is 50.0 Å². The summed E-state index contributed by atoms with van der Waals surface area (Å²) in [5.74, 6) is 0. The van der Waals surface area contributed by atoms with Crippen molar-refractivity contribution in [2.75, 3.05) is 26.2 Å². The molecule has 8 nitrogen and oxygen atoms in total. The lowest BCUT2D eigenvalue weighted by Crippen LogP contribution is -2.48. The minimum absolute atomic E-state index is 0.0589. The number of halogens is 1. The van der Waals surface area contributed by atoms with E-state index in [1.165, 1.54) is 10.4 Å². The maximum atomic E-state index is 12.6. The van der Waals surface area contributed by atoms with Crippen molar-refractivity contribution in [3.63, 3.8) is 0 Å². The minimum atomic E-state index is -3.93. The zero-order valence-electron chi connectivity index (χ0n) is 10.9. The van der Waals surface area contributed by atoms with Crippen LogP contribution in [0.5, 0.6) is 0 Å². The molecule has 0 saturated carbocycles. The quantitative estimate of drug-likeness (QED) is 0.636. The number of hydrogen-bond donors (Lipinski definition) is 1. The van der Waals surface area contributed by atoms with Crippen LogP contribution in [0.2, 0.25) is 5.02 Å². The van der Waals surface area contributed by atoms with Gasteiger partial charge in [-0.25, -0.2) is 8.42 Å². The third-order valence-corrected chi connectivity index (χ3v) is 5.45. The molecule has 1 heterocycles. The molecule has 0 aromatic heterocycles. The highest BCUT2D eigenvalue weighted by atomic mass is 35.5. The highest BCUT2D eigenvalue weighted by Gasteiger charge is 2.32. The molecule has 21 heavy (non-hydrogen) atoms. The molecule has 0 bridgehead atoms. The monoisotopic (exact) mass is 335 g/mol. The van der Waals surface area contributed by atoms with Gasteiger partial charge in [0.05, 0.1) is 22.7 Å². The van der Waals surface area contributed by atoms with E-state index in [4.69, 9.17) is 22.1 Å². The molecular formula is C11H14ClN3O5S. The zero-order chi connectivity index (χ0) is 15.6. The summed E-state index contributed by atoms with van der Waals surface area (Å²) in [4.78, 5) is 9.83. The van der Waals surface area contributed by atoms with Crippen molar-refractivity contribution in [1.29, 1.82) is 0 Å². The number of morpholine rings is 1. The molecule has 1 aliphatic rings. The van der Waals surface area contributed by atoms with Crippen LogP contribution >= 0.6 is 11.6 Å². The molecule has 1 saturated heterocycles.